The lowest BCUT2D eigenvalue weighted by Crippen LogP contribution is -2.29. The predicted molar refractivity (Wildman–Crippen MR) is 88.8 cm³/mol. The lowest BCUT2D eigenvalue weighted by atomic mass is 10.1. The van der Waals surface area contributed by atoms with Gasteiger partial charge in [0, 0.05) is 44.0 Å². The van der Waals surface area contributed by atoms with Gasteiger partial charge in [0.15, 0.2) is 0 Å². The van der Waals surface area contributed by atoms with Gasteiger partial charge in [0.05, 0.1) is 0 Å². The van der Waals surface area contributed by atoms with Crippen LogP contribution >= 0.6 is 0 Å². The molecule has 4 nitrogen and oxygen atoms in total. The van der Waals surface area contributed by atoms with Crippen molar-refractivity contribution in [2.24, 2.45) is 0 Å². The van der Waals surface area contributed by atoms with Crippen LogP contribution in [0.1, 0.15) is 25.7 Å². The molecule has 0 bridgehead atoms. The lowest BCUT2D eigenvalue weighted by molar-refractivity contribution is -0.116. The summed E-state index contributed by atoms with van der Waals surface area (Å²) in [6.45, 7) is 7.31. The van der Waals surface area contributed by atoms with Crippen LogP contribution in [-0.4, -0.2) is 32.1 Å². The maximum atomic E-state index is 11.8. The van der Waals surface area contributed by atoms with Crippen LogP contribution in [0.25, 0.3) is 0 Å². The largest absolute Gasteiger partial charge is 0.372 e. The highest BCUT2D eigenvalue weighted by atomic mass is 16.1. The van der Waals surface area contributed by atoms with Crippen molar-refractivity contribution in [1.29, 1.82) is 0 Å². The van der Waals surface area contributed by atoms with Gasteiger partial charge in [0.1, 0.15) is 0 Å². The van der Waals surface area contributed by atoms with Crippen LogP contribution in [0.3, 0.4) is 0 Å². The number of anilines is 2. The molecule has 1 fully saturated rings. The summed E-state index contributed by atoms with van der Waals surface area (Å²) in [5.74, 6) is 0.0392. The fourth-order valence-corrected chi connectivity index (χ4v) is 2.54. The Hall–Kier alpha value is -1.81. The monoisotopic (exact) mass is 287 g/mol. The fourth-order valence-electron chi connectivity index (χ4n) is 2.54. The average Bonchev–Trinajstić information content (AvgIpc) is 2.53. The van der Waals surface area contributed by atoms with Crippen LogP contribution in [-0.2, 0) is 4.79 Å². The first kappa shape index (κ1) is 15.6. The first-order chi connectivity index (χ1) is 10.3. The van der Waals surface area contributed by atoms with Crippen molar-refractivity contribution >= 4 is 17.3 Å². The maximum absolute atomic E-state index is 11.8. The molecule has 0 aliphatic carbocycles. The molecule has 1 aromatic carbocycles. The summed E-state index contributed by atoms with van der Waals surface area (Å²) in [6.07, 6.45) is 6.15. The highest BCUT2D eigenvalue weighted by Gasteiger charge is 2.10. The molecule has 2 rings (SSSR count). The summed E-state index contributed by atoms with van der Waals surface area (Å²) >= 11 is 0. The minimum absolute atomic E-state index is 0.0392. The number of benzene rings is 1. The number of nitrogens with zero attached hydrogens (tertiary/aromatic N) is 1. The van der Waals surface area contributed by atoms with E-state index in [0.29, 0.717) is 13.0 Å². The number of hydrogen-bond donors (Lipinski definition) is 2. The van der Waals surface area contributed by atoms with Gasteiger partial charge in [-0.2, -0.15) is 0 Å². The van der Waals surface area contributed by atoms with Gasteiger partial charge < -0.3 is 15.5 Å². The van der Waals surface area contributed by atoms with Crippen molar-refractivity contribution in [3.63, 3.8) is 0 Å². The topological polar surface area (TPSA) is 44.4 Å². The van der Waals surface area contributed by atoms with Gasteiger partial charge in [-0.05, 0) is 43.5 Å². The van der Waals surface area contributed by atoms with Crippen LogP contribution in [0.2, 0.25) is 0 Å². The summed E-state index contributed by atoms with van der Waals surface area (Å²) < 4.78 is 0. The molecule has 4 heteroatoms. The molecule has 0 unspecified atom stereocenters. The Morgan fingerprint density at radius 2 is 1.90 bits per heavy atom. The number of nitrogens with one attached hydrogen (secondary N) is 2. The Morgan fingerprint density at radius 3 is 2.57 bits per heavy atom. The van der Waals surface area contributed by atoms with Crippen molar-refractivity contribution in [3.05, 3.63) is 36.9 Å². The average molecular weight is 287 g/mol. The van der Waals surface area contributed by atoms with E-state index in [-0.39, 0.29) is 5.91 Å². The zero-order valence-electron chi connectivity index (χ0n) is 12.6. The third kappa shape index (κ3) is 5.23. The Bertz CT molecular complexity index is 450. The molecule has 0 aromatic heterocycles. The fraction of sp³-hybridized carbons (Fsp3) is 0.471. The third-order valence-corrected chi connectivity index (χ3v) is 3.69. The summed E-state index contributed by atoms with van der Waals surface area (Å²) in [7, 11) is 0. The highest BCUT2D eigenvalue weighted by Crippen LogP contribution is 2.21. The maximum Gasteiger partial charge on any atom is 0.225 e. The zero-order valence-corrected chi connectivity index (χ0v) is 12.6. The Balaban J connectivity index is 1.78. The normalized spacial score (nSPS) is 14.8. The molecule has 0 saturated carbocycles. The van der Waals surface area contributed by atoms with E-state index in [1.54, 1.807) is 6.08 Å². The second-order valence-electron chi connectivity index (χ2n) is 5.39. The van der Waals surface area contributed by atoms with E-state index in [2.05, 4.69) is 34.2 Å². The van der Waals surface area contributed by atoms with Gasteiger partial charge in [-0.3, -0.25) is 4.79 Å². The molecule has 1 saturated heterocycles. The molecular formula is C17H25N3O. The third-order valence-electron chi connectivity index (χ3n) is 3.69. The van der Waals surface area contributed by atoms with Gasteiger partial charge in [0.25, 0.3) is 0 Å². The molecule has 2 N–H and O–H groups in total. The van der Waals surface area contributed by atoms with E-state index >= 15 is 0 Å². The standard InChI is InChI=1S/C17H25N3O/c1-2-11-18-12-10-17(21)19-15-6-8-16(9-7-15)20-13-4-3-5-14-20/h2,6-9,18H,1,3-5,10-14H2,(H,19,21). The molecule has 1 aliphatic heterocycles. The number of carbonyl (C=O) groups excluding carboxylic acids is 1. The van der Waals surface area contributed by atoms with Gasteiger partial charge >= 0.3 is 0 Å². The molecule has 0 spiro atoms. The summed E-state index contributed by atoms with van der Waals surface area (Å²) in [5.41, 5.74) is 2.12. The molecular weight excluding hydrogens is 262 g/mol. The molecule has 1 heterocycles. The molecule has 114 valence electrons. The van der Waals surface area contributed by atoms with Crippen LogP contribution in [0.5, 0.6) is 0 Å². The smallest absolute Gasteiger partial charge is 0.225 e. The van der Waals surface area contributed by atoms with Crippen LogP contribution in [0.15, 0.2) is 36.9 Å². The van der Waals surface area contributed by atoms with E-state index in [1.807, 2.05) is 12.1 Å². The van der Waals surface area contributed by atoms with Crippen LogP contribution in [0, 0.1) is 0 Å². The number of amides is 1. The molecule has 0 atom stereocenters. The molecule has 1 aliphatic rings. The lowest BCUT2D eigenvalue weighted by Gasteiger charge is -2.28. The number of rotatable bonds is 7. The van der Waals surface area contributed by atoms with Gasteiger partial charge in [-0.15, -0.1) is 6.58 Å². The SMILES string of the molecule is C=CCNCCC(=O)Nc1ccc(N2CCCCC2)cc1. The van der Waals surface area contributed by atoms with E-state index in [9.17, 15) is 4.79 Å². The summed E-state index contributed by atoms with van der Waals surface area (Å²) in [5, 5.41) is 6.04. The molecule has 0 radical (unpaired) electrons. The number of carbonyl (C=O) groups is 1. The molecule has 1 aromatic rings. The first-order valence-corrected chi connectivity index (χ1v) is 7.76. The molecule has 21 heavy (non-hydrogen) atoms. The van der Waals surface area contributed by atoms with E-state index < -0.39 is 0 Å². The van der Waals surface area contributed by atoms with E-state index in [1.165, 1.54) is 24.9 Å². The van der Waals surface area contributed by atoms with Gasteiger partial charge in [-0.25, -0.2) is 0 Å². The summed E-state index contributed by atoms with van der Waals surface area (Å²) in [6, 6.07) is 8.16. The van der Waals surface area contributed by atoms with Crippen molar-refractivity contribution < 1.29 is 4.79 Å². The first-order valence-electron chi connectivity index (χ1n) is 7.76. The highest BCUT2D eigenvalue weighted by molar-refractivity contribution is 5.91. The van der Waals surface area contributed by atoms with Crippen molar-refractivity contribution in [1.82, 2.24) is 5.32 Å². The Labute approximate surface area is 127 Å². The molecule has 1 amide bonds. The van der Waals surface area contributed by atoms with Crippen molar-refractivity contribution in [2.45, 2.75) is 25.7 Å². The predicted octanol–water partition coefficient (Wildman–Crippen LogP) is 2.78. The second kappa shape index (κ2) is 8.47. The van der Waals surface area contributed by atoms with Crippen LogP contribution in [0.4, 0.5) is 11.4 Å². The van der Waals surface area contributed by atoms with E-state index in [0.717, 1.165) is 25.3 Å². The zero-order chi connectivity index (χ0) is 14.9. The van der Waals surface area contributed by atoms with E-state index in [4.69, 9.17) is 0 Å². The van der Waals surface area contributed by atoms with Crippen molar-refractivity contribution in [3.8, 4) is 0 Å². The second-order valence-corrected chi connectivity index (χ2v) is 5.39. The number of hydrogen-bond acceptors (Lipinski definition) is 3. The van der Waals surface area contributed by atoms with Crippen molar-refractivity contribution in [2.75, 3.05) is 36.4 Å². The quantitative estimate of drug-likeness (QED) is 0.599. The Kier molecular flexibility index (Phi) is 6.28. The number of piperidine rings is 1. The van der Waals surface area contributed by atoms with Gasteiger partial charge in [-0.1, -0.05) is 6.08 Å². The Morgan fingerprint density at radius 1 is 1.19 bits per heavy atom. The van der Waals surface area contributed by atoms with Crippen LogP contribution < -0.4 is 15.5 Å². The minimum Gasteiger partial charge on any atom is -0.372 e. The van der Waals surface area contributed by atoms with Gasteiger partial charge in [0.2, 0.25) is 5.91 Å². The summed E-state index contributed by atoms with van der Waals surface area (Å²) in [4.78, 5) is 14.2. The minimum atomic E-state index is 0.0392.